The summed E-state index contributed by atoms with van der Waals surface area (Å²) in [5, 5.41) is 0. The van der Waals surface area contributed by atoms with Crippen LogP contribution in [0.2, 0.25) is 0 Å². The van der Waals surface area contributed by atoms with Crippen molar-refractivity contribution in [2.45, 2.75) is 26.7 Å². The van der Waals surface area contributed by atoms with Crippen molar-refractivity contribution in [3.63, 3.8) is 0 Å². The Morgan fingerprint density at radius 2 is 2.00 bits per heavy atom. The lowest BCUT2D eigenvalue weighted by atomic mass is 9.98. The van der Waals surface area contributed by atoms with Crippen LogP contribution in [0.25, 0.3) is 0 Å². The standard InChI is InChI=1S/C14H20N2O/c1-10-5-7-16(8-6-10)12-3-4-14(15)13(9-12)11(2)17/h3-4,9-10H,5-8,15H2,1-2H3. The van der Waals surface area contributed by atoms with Gasteiger partial charge in [0.2, 0.25) is 0 Å². The number of Topliss-reactive ketones (excluding diaryl/α,β-unsaturated/α-hetero) is 1. The van der Waals surface area contributed by atoms with E-state index in [1.54, 1.807) is 6.92 Å². The van der Waals surface area contributed by atoms with Crippen LogP contribution >= 0.6 is 0 Å². The minimum atomic E-state index is 0.0368. The quantitative estimate of drug-likeness (QED) is 0.630. The Kier molecular flexibility index (Phi) is 3.36. The van der Waals surface area contributed by atoms with Gasteiger partial charge in [0.25, 0.3) is 0 Å². The molecule has 0 bridgehead atoms. The fourth-order valence-electron chi connectivity index (χ4n) is 2.31. The van der Waals surface area contributed by atoms with E-state index in [0.29, 0.717) is 11.3 Å². The number of nitrogen functional groups attached to an aromatic ring is 1. The number of hydrogen-bond acceptors (Lipinski definition) is 3. The van der Waals surface area contributed by atoms with Crippen LogP contribution in [-0.2, 0) is 0 Å². The highest BCUT2D eigenvalue weighted by Gasteiger charge is 2.17. The van der Waals surface area contributed by atoms with Crippen LogP contribution in [0.4, 0.5) is 11.4 Å². The number of carbonyl (C=O) groups is 1. The van der Waals surface area contributed by atoms with E-state index >= 15 is 0 Å². The van der Waals surface area contributed by atoms with E-state index in [0.717, 1.165) is 24.7 Å². The predicted molar refractivity (Wildman–Crippen MR) is 71.5 cm³/mol. The van der Waals surface area contributed by atoms with Crippen LogP contribution in [-0.4, -0.2) is 18.9 Å². The van der Waals surface area contributed by atoms with Gasteiger partial charge in [0.1, 0.15) is 0 Å². The van der Waals surface area contributed by atoms with Crippen molar-refractivity contribution in [3.8, 4) is 0 Å². The first-order valence-corrected chi connectivity index (χ1v) is 6.23. The van der Waals surface area contributed by atoms with Crippen molar-refractivity contribution in [1.29, 1.82) is 0 Å². The van der Waals surface area contributed by atoms with Crippen molar-refractivity contribution in [2.24, 2.45) is 5.92 Å². The lowest BCUT2D eigenvalue weighted by molar-refractivity contribution is 0.101. The van der Waals surface area contributed by atoms with Gasteiger partial charge in [-0.1, -0.05) is 6.92 Å². The Morgan fingerprint density at radius 1 is 1.35 bits per heavy atom. The fourth-order valence-corrected chi connectivity index (χ4v) is 2.31. The predicted octanol–water partition coefficient (Wildman–Crippen LogP) is 2.71. The summed E-state index contributed by atoms with van der Waals surface area (Å²) in [7, 11) is 0. The molecule has 92 valence electrons. The second kappa shape index (κ2) is 4.78. The molecule has 0 radical (unpaired) electrons. The molecular formula is C14H20N2O. The summed E-state index contributed by atoms with van der Waals surface area (Å²) in [6, 6.07) is 5.77. The first-order valence-electron chi connectivity index (χ1n) is 6.23. The molecule has 1 aliphatic rings. The van der Waals surface area contributed by atoms with Crippen LogP contribution in [0, 0.1) is 5.92 Å². The van der Waals surface area contributed by atoms with Crippen molar-refractivity contribution >= 4 is 17.2 Å². The van der Waals surface area contributed by atoms with E-state index in [9.17, 15) is 4.79 Å². The zero-order valence-corrected chi connectivity index (χ0v) is 10.6. The molecule has 3 heteroatoms. The van der Waals surface area contributed by atoms with Gasteiger partial charge in [0.05, 0.1) is 0 Å². The van der Waals surface area contributed by atoms with E-state index in [1.165, 1.54) is 12.8 Å². The van der Waals surface area contributed by atoms with E-state index < -0.39 is 0 Å². The molecule has 0 saturated carbocycles. The fraction of sp³-hybridized carbons (Fsp3) is 0.500. The molecule has 0 aromatic heterocycles. The van der Waals surface area contributed by atoms with Crippen LogP contribution in [0.15, 0.2) is 18.2 Å². The highest BCUT2D eigenvalue weighted by molar-refractivity contribution is 6.00. The summed E-state index contributed by atoms with van der Waals surface area (Å²) in [5.41, 5.74) is 8.14. The number of ketones is 1. The lowest BCUT2D eigenvalue weighted by Gasteiger charge is -2.32. The molecule has 2 N–H and O–H groups in total. The van der Waals surface area contributed by atoms with Gasteiger partial charge in [-0.05, 0) is 43.9 Å². The zero-order chi connectivity index (χ0) is 12.4. The number of carbonyl (C=O) groups excluding carboxylic acids is 1. The van der Waals surface area contributed by atoms with Gasteiger partial charge in [-0.25, -0.2) is 0 Å². The number of nitrogens with two attached hydrogens (primary N) is 1. The van der Waals surface area contributed by atoms with Crippen molar-refractivity contribution in [3.05, 3.63) is 23.8 Å². The molecule has 1 aromatic carbocycles. The Morgan fingerprint density at radius 3 is 2.59 bits per heavy atom. The summed E-state index contributed by atoms with van der Waals surface area (Å²) in [4.78, 5) is 13.8. The normalized spacial score (nSPS) is 17.2. The van der Waals surface area contributed by atoms with Crippen molar-refractivity contribution < 1.29 is 4.79 Å². The Labute approximate surface area is 103 Å². The van der Waals surface area contributed by atoms with Gasteiger partial charge >= 0.3 is 0 Å². The molecule has 0 aliphatic carbocycles. The summed E-state index contributed by atoms with van der Waals surface area (Å²) in [6.45, 7) is 6.00. The van der Waals surface area contributed by atoms with Crippen LogP contribution in [0.5, 0.6) is 0 Å². The van der Waals surface area contributed by atoms with Gasteiger partial charge < -0.3 is 10.6 Å². The van der Waals surface area contributed by atoms with Gasteiger partial charge in [-0.2, -0.15) is 0 Å². The molecule has 1 aromatic rings. The first-order chi connectivity index (χ1) is 8.08. The maximum Gasteiger partial charge on any atom is 0.161 e. The largest absolute Gasteiger partial charge is 0.398 e. The minimum Gasteiger partial charge on any atom is -0.398 e. The number of rotatable bonds is 2. The monoisotopic (exact) mass is 232 g/mol. The Bertz CT molecular complexity index is 420. The van der Waals surface area contributed by atoms with E-state index in [2.05, 4.69) is 11.8 Å². The molecule has 1 fully saturated rings. The summed E-state index contributed by atoms with van der Waals surface area (Å²) in [6.07, 6.45) is 2.44. The van der Waals surface area contributed by atoms with E-state index in [1.807, 2.05) is 18.2 Å². The highest BCUT2D eigenvalue weighted by Crippen LogP contribution is 2.26. The van der Waals surface area contributed by atoms with Crippen LogP contribution < -0.4 is 10.6 Å². The van der Waals surface area contributed by atoms with Gasteiger partial charge in [0, 0.05) is 30.0 Å². The molecule has 0 unspecified atom stereocenters. The summed E-state index contributed by atoms with van der Waals surface area (Å²) < 4.78 is 0. The highest BCUT2D eigenvalue weighted by atomic mass is 16.1. The molecule has 1 heterocycles. The van der Waals surface area contributed by atoms with Crippen LogP contribution in [0.3, 0.4) is 0 Å². The third kappa shape index (κ3) is 2.60. The SMILES string of the molecule is CC(=O)c1cc(N2CCC(C)CC2)ccc1N. The maximum atomic E-state index is 11.5. The number of nitrogens with zero attached hydrogens (tertiary/aromatic N) is 1. The molecule has 1 aliphatic heterocycles. The number of piperidine rings is 1. The molecule has 0 atom stereocenters. The third-order valence-corrected chi connectivity index (χ3v) is 3.56. The lowest BCUT2D eigenvalue weighted by Crippen LogP contribution is -2.32. The smallest absolute Gasteiger partial charge is 0.161 e. The Balaban J connectivity index is 2.21. The van der Waals surface area contributed by atoms with Crippen LogP contribution in [0.1, 0.15) is 37.0 Å². The average molecular weight is 232 g/mol. The number of hydrogen-bond donors (Lipinski definition) is 1. The topological polar surface area (TPSA) is 46.3 Å². The number of benzene rings is 1. The second-order valence-corrected chi connectivity index (χ2v) is 5.00. The van der Waals surface area contributed by atoms with Crippen molar-refractivity contribution in [1.82, 2.24) is 0 Å². The minimum absolute atomic E-state index is 0.0368. The molecule has 0 amide bonds. The maximum absolute atomic E-state index is 11.5. The first kappa shape index (κ1) is 12.0. The van der Waals surface area contributed by atoms with E-state index in [4.69, 9.17) is 5.73 Å². The summed E-state index contributed by atoms with van der Waals surface area (Å²) in [5.74, 6) is 0.849. The van der Waals surface area contributed by atoms with E-state index in [-0.39, 0.29) is 5.78 Å². The molecule has 0 spiro atoms. The zero-order valence-electron chi connectivity index (χ0n) is 10.6. The van der Waals surface area contributed by atoms with Gasteiger partial charge in [0.15, 0.2) is 5.78 Å². The molecule has 17 heavy (non-hydrogen) atoms. The molecule has 3 nitrogen and oxygen atoms in total. The molecule has 1 saturated heterocycles. The average Bonchev–Trinajstić information content (AvgIpc) is 2.30. The van der Waals surface area contributed by atoms with Gasteiger partial charge in [-0.3, -0.25) is 4.79 Å². The van der Waals surface area contributed by atoms with Gasteiger partial charge in [-0.15, -0.1) is 0 Å². The summed E-state index contributed by atoms with van der Waals surface area (Å²) >= 11 is 0. The third-order valence-electron chi connectivity index (χ3n) is 3.56. The molecular weight excluding hydrogens is 212 g/mol. The van der Waals surface area contributed by atoms with Crippen molar-refractivity contribution in [2.75, 3.05) is 23.7 Å². The number of anilines is 2. The molecule has 2 rings (SSSR count). The second-order valence-electron chi connectivity index (χ2n) is 5.00. The Hall–Kier alpha value is -1.51.